The minimum Gasteiger partial charge on any atom is -0.318 e. The average molecular weight is 403 g/mol. The molecule has 1 heterocycles. The van der Waals surface area contributed by atoms with Crippen molar-refractivity contribution in [3.63, 3.8) is 0 Å². The first-order valence-electron chi connectivity index (χ1n) is 8.42. The van der Waals surface area contributed by atoms with Gasteiger partial charge in [-0.05, 0) is 38.1 Å². The van der Waals surface area contributed by atoms with Crippen LogP contribution in [0.4, 0.5) is 10.1 Å². The summed E-state index contributed by atoms with van der Waals surface area (Å²) in [4.78, 5) is 25.2. The summed E-state index contributed by atoms with van der Waals surface area (Å²) < 4.78 is 38.7. The molecule has 28 heavy (non-hydrogen) atoms. The van der Waals surface area contributed by atoms with Gasteiger partial charge in [0.1, 0.15) is 5.82 Å². The number of hydrogen-bond donors (Lipinski definition) is 1. The van der Waals surface area contributed by atoms with Crippen LogP contribution in [0.25, 0.3) is 10.8 Å². The third-order valence-corrected chi connectivity index (χ3v) is 5.26. The Morgan fingerprint density at radius 1 is 1.14 bits per heavy atom. The lowest BCUT2D eigenvalue weighted by Gasteiger charge is -2.14. The Morgan fingerprint density at radius 2 is 1.79 bits per heavy atom. The lowest BCUT2D eigenvalue weighted by Crippen LogP contribution is -2.29. The van der Waals surface area contributed by atoms with E-state index in [-0.39, 0.29) is 27.9 Å². The summed E-state index contributed by atoms with van der Waals surface area (Å²) >= 11 is 0. The van der Waals surface area contributed by atoms with Gasteiger partial charge in [-0.2, -0.15) is 5.10 Å². The van der Waals surface area contributed by atoms with E-state index in [0.717, 1.165) is 24.5 Å². The number of halogens is 1. The van der Waals surface area contributed by atoms with E-state index in [1.165, 1.54) is 4.68 Å². The van der Waals surface area contributed by atoms with Crippen molar-refractivity contribution in [2.75, 3.05) is 11.6 Å². The number of carbonyl (C=O) groups is 1. The summed E-state index contributed by atoms with van der Waals surface area (Å²) in [7, 11) is -3.58. The Balaban J connectivity index is 2.13. The molecule has 3 rings (SSSR count). The van der Waals surface area contributed by atoms with E-state index in [4.69, 9.17) is 0 Å². The highest BCUT2D eigenvalue weighted by Gasteiger charge is 2.20. The summed E-state index contributed by atoms with van der Waals surface area (Å²) in [6, 6.07) is 9.32. The fraction of sp³-hybridized carbons (Fsp3) is 0.211. The number of benzene rings is 2. The molecule has 0 atom stereocenters. The Labute approximate surface area is 160 Å². The van der Waals surface area contributed by atoms with Gasteiger partial charge in [0.25, 0.3) is 11.5 Å². The zero-order valence-corrected chi connectivity index (χ0v) is 16.2. The van der Waals surface area contributed by atoms with Crippen LogP contribution >= 0.6 is 0 Å². The normalized spacial score (nSPS) is 11.8. The molecule has 0 fully saturated rings. The topological polar surface area (TPSA) is 98.1 Å². The molecule has 0 aliphatic heterocycles. The van der Waals surface area contributed by atoms with Crippen molar-refractivity contribution in [3.05, 3.63) is 64.3 Å². The lowest BCUT2D eigenvalue weighted by atomic mass is 10.1. The predicted molar refractivity (Wildman–Crippen MR) is 104 cm³/mol. The average Bonchev–Trinajstić information content (AvgIpc) is 2.62. The number of hydrogen-bond acceptors (Lipinski definition) is 5. The van der Waals surface area contributed by atoms with Gasteiger partial charge in [-0.3, -0.25) is 9.59 Å². The van der Waals surface area contributed by atoms with Crippen LogP contribution in [-0.4, -0.2) is 30.4 Å². The van der Waals surface area contributed by atoms with Crippen LogP contribution in [0.2, 0.25) is 0 Å². The standard InChI is InChI=1S/C19H18FN3O4S/c1-11(2)23-19(25)14-7-5-4-6-13(14)17(22-23)18(24)21-16-10-12(28(3,26)27)8-9-15(16)20/h4-11H,1-3H3,(H,21,24). The first-order chi connectivity index (χ1) is 13.1. The van der Waals surface area contributed by atoms with Crippen molar-refractivity contribution >= 4 is 32.2 Å². The van der Waals surface area contributed by atoms with Gasteiger partial charge >= 0.3 is 0 Å². The zero-order valence-electron chi connectivity index (χ0n) is 15.4. The number of aromatic nitrogens is 2. The molecule has 3 aromatic rings. The minimum absolute atomic E-state index is 0.0620. The Bertz CT molecular complexity index is 1250. The summed E-state index contributed by atoms with van der Waals surface area (Å²) in [5.74, 6) is -1.54. The van der Waals surface area contributed by atoms with Crippen LogP contribution in [0.3, 0.4) is 0 Å². The fourth-order valence-electron chi connectivity index (χ4n) is 2.74. The van der Waals surface area contributed by atoms with Crippen LogP contribution in [-0.2, 0) is 9.84 Å². The number of fused-ring (bicyclic) bond motifs is 1. The monoisotopic (exact) mass is 403 g/mol. The van der Waals surface area contributed by atoms with Gasteiger partial charge in [-0.15, -0.1) is 0 Å². The molecule has 0 saturated heterocycles. The molecule has 2 aromatic carbocycles. The van der Waals surface area contributed by atoms with Crippen molar-refractivity contribution in [1.29, 1.82) is 0 Å². The number of nitrogens with zero attached hydrogens (tertiary/aromatic N) is 2. The van der Waals surface area contributed by atoms with Gasteiger partial charge < -0.3 is 5.32 Å². The molecule has 0 saturated carbocycles. The number of carbonyl (C=O) groups excluding carboxylic acids is 1. The van der Waals surface area contributed by atoms with E-state index in [0.29, 0.717) is 10.8 Å². The Kier molecular flexibility index (Phi) is 5.03. The van der Waals surface area contributed by atoms with E-state index < -0.39 is 21.6 Å². The van der Waals surface area contributed by atoms with Crippen molar-refractivity contribution in [3.8, 4) is 0 Å². The molecular formula is C19H18FN3O4S. The Morgan fingerprint density at radius 3 is 2.39 bits per heavy atom. The van der Waals surface area contributed by atoms with Crippen molar-refractivity contribution in [2.24, 2.45) is 0 Å². The van der Waals surface area contributed by atoms with Gasteiger partial charge in [-0.1, -0.05) is 18.2 Å². The zero-order chi connectivity index (χ0) is 20.6. The number of rotatable bonds is 4. The maximum atomic E-state index is 14.1. The maximum absolute atomic E-state index is 14.1. The highest BCUT2D eigenvalue weighted by molar-refractivity contribution is 7.90. The summed E-state index contributed by atoms with van der Waals surface area (Å²) in [5.41, 5.74) is -0.693. The van der Waals surface area contributed by atoms with Gasteiger partial charge in [0.05, 0.1) is 22.0 Å². The highest BCUT2D eigenvalue weighted by Crippen LogP contribution is 2.22. The van der Waals surface area contributed by atoms with Crippen LogP contribution in [0.1, 0.15) is 30.4 Å². The molecule has 0 bridgehead atoms. The molecule has 0 aliphatic rings. The van der Waals surface area contributed by atoms with Crippen molar-refractivity contribution < 1.29 is 17.6 Å². The molecule has 1 N–H and O–H groups in total. The number of sulfone groups is 1. The second-order valence-electron chi connectivity index (χ2n) is 6.61. The largest absolute Gasteiger partial charge is 0.318 e. The molecule has 0 unspecified atom stereocenters. The van der Waals surface area contributed by atoms with Gasteiger partial charge in [0.2, 0.25) is 0 Å². The van der Waals surface area contributed by atoms with E-state index in [1.54, 1.807) is 38.1 Å². The SMILES string of the molecule is CC(C)n1nc(C(=O)Nc2cc(S(C)(=O)=O)ccc2F)c2ccccc2c1=O. The summed E-state index contributed by atoms with van der Waals surface area (Å²) in [6.45, 7) is 3.50. The van der Waals surface area contributed by atoms with E-state index >= 15 is 0 Å². The molecular weight excluding hydrogens is 385 g/mol. The first kappa shape index (κ1) is 19.7. The van der Waals surface area contributed by atoms with E-state index in [1.807, 2.05) is 0 Å². The quantitative estimate of drug-likeness (QED) is 0.676. The lowest BCUT2D eigenvalue weighted by molar-refractivity contribution is 0.102. The minimum atomic E-state index is -3.58. The van der Waals surface area contributed by atoms with E-state index in [2.05, 4.69) is 10.4 Å². The summed E-state index contributed by atoms with van der Waals surface area (Å²) in [5, 5.41) is 7.14. The molecule has 1 aromatic heterocycles. The van der Waals surface area contributed by atoms with Crippen LogP contribution in [0, 0.1) is 5.82 Å². The second kappa shape index (κ2) is 7.16. The smallest absolute Gasteiger partial charge is 0.276 e. The van der Waals surface area contributed by atoms with Crippen LogP contribution in [0.15, 0.2) is 52.2 Å². The maximum Gasteiger partial charge on any atom is 0.276 e. The van der Waals surface area contributed by atoms with Crippen LogP contribution in [0.5, 0.6) is 0 Å². The van der Waals surface area contributed by atoms with Gasteiger partial charge in [0.15, 0.2) is 15.5 Å². The van der Waals surface area contributed by atoms with Crippen LogP contribution < -0.4 is 10.9 Å². The van der Waals surface area contributed by atoms with Crippen molar-refractivity contribution in [1.82, 2.24) is 9.78 Å². The Hall–Kier alpha value is -3.07. The van der Waals surface area contributed by atoms with Gasteiger partial charge in [0, 0.05) is 11.6 Å². The third kappa shape index (κ3) is 3.65. The fourth-order valence-corrected chi connectivity index (χ4v) is 3.38. The molecule has 7 nitrogen and oxygen atoms in total. The molecule has 0 spiro atoms. The molecule has 0 radical (unpaired) electrons. The predicted octanol–water partition coefficient (Wildman–Crippen LogP) is 2.77. The van der Waals surface area contributed by atoms with Crippen molar-refractivity contribution in [2.45, 2.75) is 24.8 Å². The number of anilines is 1. The summed E-state index contributed by atoms with van der Waals surface area (Å²) in [6.07, 6.45) is 0.986. The first-order valence-corrected chi connectivity index (χ1v) is 10.3. The molecule has 1 amide bonds. The number of amides is 1. The number of nitrogens with one attached hydrogen (secondary N) is 1. The molecule has 146 valence electrons. The second-order valence-corrected chi connectivity index (χ2v) is 8.62. The third-order valence-electron chi connectivity index (χ3n) is 4.15. The molecule has 9 heteroatoms. The van der Waals surface area contributed by atoms with E-state index in [9.17, 15) is 22.4 Å². The highest BCUT2D eigenvalue weighted by atomic mass is 32.2. The van der Waals surface area contributed by atoms with Gasteiger partial charge in [-0.25, -0.2) is 17.5 Å². The molecule has 0 aliphatic carbocycles.